The van der Waals surface area contributed by atoms with Crippen molar-refractivity contribution in [3.8, 4) is 11.5 Å². The van der Waals surface area contributed by atoms with Crippen molar-refractivity contribution in [3.05, 3.63) is 95.4 Å². The summed E-state index contributed by atoms with van der Waals surface area (Å²) in [6.07, 6.45) is 0. The van der Waals surface area contributed by atoms with Crippen molar-refractivity contribution in [1.29, 1.82) is 0 Å². The van der Waals surface area contributed by atoms with Gasteiger partial charge in [0.05, 0.1) is 6.54 Å². The smallest absolute Gasteiger partial charge is 0.251 e. The normalized spacial score (nSPS) is 13.0. The second-order valence-corrected chi connectivity index (χ2v) is 8.13. The standard InChI is InChI=1S/C24H21NO3S/c1-24(27,22-15-18-7-5-6-10-21(18)29-22)16-25-23(26)17-11-13-20(14-12-17)28-19-8-3-2-4-9-19/h2-15,27H,16H2,1H3,(H,25,26). The lowest BCUT2D eigenvalue weighted by Crippen LogP contribution is -2.38. The molecule has 1 unspecified atom stereocenters. The second-order valence-electron chi connectivity index (χ2n) is 7.04. The van der Waals surface area contributed by atoms with Crippen molar-refractivity contribution in [1.82, 2.24) is 5.32 Å². The van der Waals surface area contributed by atoms with Crippen LogP contribution in [-0.4, -0.2) is 17.6 Å². The number of ether oxygens (including phenoxy) is 1. The van der Waals surface area contributed by atoms with E-state index < -0.39 is 5.60 Å². The minimum absolute atomic E-state index is 0.126. The van der Waals surface area contributed by atoms with Gasteiger partial charge in [-0.05, 0) is 60.8 Å². The van der Waals surface area contributed by atoms with Crippen molar-refractivity contribution in [2.75, 3.05) is 6.54 Å². The molecule has 29 heavy (non-hydrogen) atoms. The van der Waals surface area contributed by atoms with Crippen LogP contribution in [0.5, 0.6) is 11.5 Å². The molecule has 1 atom stereocenters. The third-order valence-corrected chi connectivity index (χ3v) is 6.01. The highest BCUT2D eigenvalue weighted by molar-refractivity contribution is 7.19. The second kappa shape index (κ2) is 8.07. The minimum Gasteiger partial charge on any atom is -0.457 e. The predicted molar refractivity (Wildman–Crippen MR) is 117 cm³/mol. The van der Waals surface area contributed by atoms with E-state index in [0.29, 0.717) is 11.3 Å². The van der Waals surface area contributed by atoms with Gasteiger partial charge in [-0.3, -0.25) is 4.79 Å². The summed E-state index contributed by atoms with van der Waals surface area (Å²) in [5.74, 6) is 1.16. The number of carbonyl (C=O) groups excluding carboxylic acids is 1. The summed E-state index contributed by atoms with van der Waals surface area (Å²) >= 11 is 1.54. The molecule has 0 spiro atoms. The molecule has 0 aliphatic rings. The Bertz CT molecular complexity index is 1080. The fourth-order valence-corrected chi connectivity index (χ4v) is 4.09. The molecule has 1 aromatic heterocycles. The van der Waals surface area contributed by atoms with Gasteiger partial charge in [-0.15, -0.1) is 11.3 Å². The third kappa shape index (κ3) is 4.47. The molecular weight excluding hydrogens is 382 g/mol. The lowest BCUT2D eigenvalue weighted by Gasteiger charge is -2.22. The fraction of sp³-hybridized carbons (Fsp3) is 0.125. The molecule has 0 bridgehead atoms. The molecular formula is C24H21NO3S. The average molecular weight is 404 g/mol. The van der Waals surface area contributed by atoms with E-state index in [-0.39, 0.29) is 12.5 Å². The van der Waals surface area contributed by atoms with Gasteiger partial charge in [0.25, 0.3) is 5.91 Å². The fourth-order valence-electron chi connectivity index (χ4n) is 2.99. The van der Waals surface area contributed by atoms with E-state index >= 15 is 0 Å². The Balaban J connectivity index is 1.39. The summed E-state index contributed by atoms with van der Waals surface area (Å²) in [6, 6.07) is 26.4. The van der Waals surface area contributed by atoms with E-state index in [1.807, 2.05) is 60.7 Å². The first kappa shape index (κ1) is 19.2. The van der Waals surface area contributed by atoms with E-state index in [4.69, 9.17) is 4.74 Å². The van der Waals surface area contributed by atoms with Crippen LogP contribution in [0.4, 0.5) is 0 Å². The van der Waals surface area contributed by atoms with Crippen LogP contribution >= 0.6 is 11.3 Å². The Morgan fingerprint density at radius 2 is 1.62 bits per heavy atom. The van der Waals surface area contributed by atoms with Crippen LogP contribution in [0.2, 0.25) is 0 Å². The van der Waals surface area contributed by atoms with Crippen LogP contribution in [-0.2, 0) is 5.60 Å². The van der Waals surface area contributed by atoms with Crippen LogP contribution in [0.25, 0.3) is 10.1 Å². The molecule has 2 N–H and O–H groups in total. The Labute approximate surface area is 173 Å². The van der Waals surface area contributed by atoms with E-state index in [9.17, 15) is 9.90 Å². The van der Waals surface area contributed by atoms with Crippen LogP contribution in [0.15, 0.2) is 84.9 Å². The summed E-state index contributed by atoms with van der Waals surface area (Å²) < 4.78 is 6.86. The summed E-state index contributed by atoms with van der Waals surface area (Å²) in [5, 5.41) is 14.8. The molecule has 4 rings (SSSR count). The molecule has 4 nitrogen and oxygen atoms in total. The van der Waals surface area contributed by atoms with Gasteiger partial charge in [-0.25, -0.2) is 0 Å². The van der Waals surface area contributed by atoms with Crippen molar-refractivity contribution in [2.45, 2.75) is 12.5 Å². The van der Waals surface area contributed by atoms with E-state index in [1.54, 1.807) is 31.2 Å². The van der Waals surface area contributed by atoms with Gasteiger partial charge < -0.3 is 15.2 Å². The van der Waals surface area contributed by atoms with Gasteiger partial charge >= 0.3 is 0 Å². The van der Waals surface area contributed by atoms with Crippen LogP contribution in [0.1, 0.15) is 22.2 Å². The monoisotopic (exact) mass is 403 g/mol. The molecule has 0 fully saturated rings. The molecule has 0 saturated heterocycles. The number of hydrogen-bond donors (Lipinski definition) is 2. The molecule has 3 aromatic carbocycles. The van der Waals surface area contributed by atoms with Gasteiger partial charge in [0.1, 0.15) is 17.1 Å². The van der Waals surface area contributed by atoms with Gasteiger partial charge in [-0.1, -0.05) is 36.4 Å². The molecule has 146 valence electrons. The number of thiophene rings is 1. The van der Waals surface area contributed by atoms with Crippen LogP contribution in [0.3, 0.4) is 0 Å². The zero-order chi connectivity index (χ0) is 20.3. The summed E-state index contributed by atoms with van der Waals surface area (Å²) in [4.78, 5) is 13.3. The first-order valence-electron chi connectivity index (χ1n) is 9.34. The van der Waals surface area contributed by atoms with Gasteiger partial charge in [0, 0.05) is 15.1 Å². The van der Waals surface area contributed by atoms with E-state index in [0.717, 1.165) is 20.7 Å². The molecule has 1 amide bonds. The number of benzene rings is 3. The van der Waals surface area contributed by atoms with Gasteiger partial charge in [-0.2, -0.15) is 0 Å². The summed E-state index contributed by atoms with van der Waals surface area (Å²) in [6.45, 7) is 1.84. The lowest BCUT2D eigenvalue weighted by atomic mass is 10.0. The highest BCUT2D eigenvalue weighted by Crippen LogP contribution is 2.32. The van der Waals surface area contributed by atoms with Crippen LogP contribution in [0, 0.1) is 0 Å². The average Bonchev–Trinajstić information content (AvgIpc) is 3.19. The number of carbonyl (C=O) groups is 1. The van der Waals surface area contributed by atoms with Crippen LogP contribution < -0.4 is 10.1 Å². The van der Waals surface area contributed by atoms with E-state index in [2.05, 4.69) is 5.32 Å². The lowest BCUT2D eigenvalue weighted by molar-refractivity contribution is 0.0557. The zero-order valence-electron chi connectivity index (χ0n) is 16.0. The molecule has 0 aliphatic heterocycles. The number of aliphatic hydroxyl groups is 1. The van der Waals surface area contributed by atoms with Gasteiger partial charge in [0.2, 0.25) is 0 Å². The minimum atomic E-state index is -1.14. The Morgan fingerprint density at radius 1 is 0.966 bits per heavy atom. The predicted octanol–water partition coefficient (Wildman–Crippen LogP) is 5.33. The van der Waals surface area contributed by atoms with Crippen molar-refractivity contribution >= 4 is 27.3 Å². The third-order valence-electron chi connectivity index (χ3n) is 4.64. The van der Waals surface area contributed by atoms with Crippen molar-refractivity contribution in [2.24, 2.45) is 0 Å². The SMILES string of the molecule is CC(O)(CNC(=O)c1ccc(Oc2ccccc2)cc1)c1cc2ccccc2s1. The van der Waals surface area contributed by atoms with E-state index in [1.165, 1.54) is 11.3 Å². The molecule has 4 aromatic rings. The zero-order valence-corrected chi connectivity index (χ0v) is 16.8. The van der Waals surface area contributed by atoms with Crippen molar-refractivity contribution < 1.29 is 14.6 Å². The number of fused-ring (bicyclic) bond motifs is 1. The molecule has 5 heteroatoms. The molecule has 1 heterocycles. The van der Waals surface area contributed by atoms with Gasteiger partial charge in [0.15, 0.2) is 0 Å². The Kier molecular flexibility index (Phi) is 5.34. The Hall–Kier alpha value is -3.15. The summed E-state index contributed by atoms with van der Waals surface area (Å²) in [5.41, 5.74) is -0.632. The number of nitrogens with one attached hydrogen (secondary N) is 1. The number of amides is 1. The maximum absolute atomic E-state index is 12.5. The first-order chi connectivity index (χ1) is 14.0. The highest BCUT2D eigenvalue weighted by Gasteiger charge is 2.26. The Morgan fingerprint density at radius 3 is 2.34 bits per heavy atom. The molecule has 0 saturated carbocycles. The first-order valence-corrected chi connectivity index (χ1v) is 10.2. The number of rotatable bonds is 6. The highest BCUT2D eigenvalue weighted by atomic mass is 32.1. The maximum Gasteiger partial charge on any atom is 0.251 e. The number of para-hydroxylation sites is 1. The topological polar surface area (TPSA) is 58.6 Å². The summed E-state index contributed by atoms with van der Waals surface area (Å²) in [7, 11) is 0. The van der Waals surface area contributed by atoms with Crippen molar-refractivity contribution in [3.63, 3.8) is 0 Å². The maximum atomic E-state index is 12.5. The molecule has 0 radical (unpaired) electrons. The number of hydrogen-bond acceptors (Lipinski definition) is 4. The molecule has 0 aliphatic carbocycles. The quantitative estimate of drug-likeness (QED) is 0.457. The largest absolute Gasteiger partial charge is 0.457 e.